The lowest BCUT2D eigenvalue weighted by Crippen LogP contribution is -2.38. The molecule has 0 radical (unpaired) electrons. The number of aryl methyl sites for hydroxylation is 1. The SMILES string of the molecule is CCc1noc2ncc(C(=O)N(C)C3CCNC3)cc12. The highest BCUT2D eigenvalue weighted by Crippen LogP contribution is 2.19. The van der Waals surface area contributed by atoms with E-state index in [1.807, 2.05) is 20.0 Å². The normalized spacial score (nSPS) is 18.6. The van der Waals surface area contributed by atoms with E-state index in [4.69, 9.17) is 4.52 Å². The largest absolute Gasteiger partial charge is 0.337 e. The predicted octanol–water partition coefficient (Wildman–Crippen LogP) is 1.22. The summed E-state index contributed by atoms with van der Waals surface area (Å²) in [5, 5.41) is 8.06. The van der Waals surface area contributed by atoms with Crippen molar-refractivity contribution in [2.24, 2.45) is 0 Å². The number of carbonyl (C=O) groups excluding carboxylic acids is 1. The third-order valence-electron chi connectivity index (χ3n) is 3.89. The molecule has 1 amide bonds. The molecular weight excluding hydrogens is 256 g/mol. The fourth-order valence-electron chi connectivity index (χ4n) is 2.59. The van der Waals surface area contributed by atoms with Gasteiger partial charge in [-0.15, -0.1) is 0 Å². The van der Waals surface area contributed by atoms with E-state index in [2.05, 4.69) is 15.5 Å². The number of amides is 1. The summed E-state index contributed by atoms with van der Waals surface area (Å²) in [6.45, 7) is 3.82. The van der Waals surface area contributed by atoms with Crippen molar-refractivity contribution in [3.63, 3.8) is 0 Å². The topological polar surface area (TPSA) is 71.3 Å². The van der Waals surface area contributed by atoms with Gasteiger partial charge in [0.1, 0.15) is 0 Å². The second-order valence-corrected chi connectivity index (χ2v) is 5.12. The molecule has 1 unspecified atom stereocenters. The number of pyridine rings is 1. The highest BCUT2D eigenvalue weighted by molar-refractivity contribution is 5.97. The molecule has 20 heavy (non-hydrogen) atoms. The number of nitrogens with zero attached hydrogens (tertiary/aromatic N) is 3. The van der Waals surface area contributed by atoms with Gasteiger partial charge in [0, 0.05) is 25.8 Å². The van der Waals surface area contributed by atoms with Crippen LogP contribution >= 0.6 is 0 Å². The Morgan fingerprint density at radius 2 is 2.45 bits per heavy atom. The lowest BCUT2D eigenvalue weighted by molar-refractivity contribution is 0.0743. The molecule has 1 aliphatic rings. The van der Waals surface area contributed by atoms with Gasteiger partial charge in [-0.3, -0.25) is 4.79 Å². The van der Waals surface area contributed by atoms with Gasteiger partial charge in [-0.2, -0.15) is 0 Å². The quantitative estimate of drug-likeness (QED) is 0.911. The van der Waals surface area contributed by atoms with Crippen molar-refractivity contribution in [3.05, 3.63) is 23.5 Å². The number of likely N-dealkylation sites (N-methyl/N-ethyl adjacent to an activating group) is 1. The second-order valence-electron chi connectivity index (χ2n) is 5.12. The minimum absolute atomic E-state index is 0.00338. The Bertz CT molecular complexity index is 631. The highest BCUT2D eigenvalue weighted by atomic mass is 16.5. The summed E-state index contributed by atoms with van der Waals surface area (Å²) >= 11 is 0. The molecule has 0 aromatic carbocycles. The van der Waals surface area contributed by atoms with Gasteiger partial charge in [-0.05, 0) is 25.5 Å². The van der Waals surface area contributed by atoms with Gasteiger partial charge < -0.3 is 14.7 Å². The van der Waals surface area contributed by atoms with E-state index in [0.29, 0.717) is 11.3 Å². The first kappa shape index (κ1) is 13.1. The Kier molecular flexibility index (Phi) is 3.40. The van der Waals surface area contributed by atoms with Crippen LogP contribution in [0, 0.1) is 0 Å². The molecule has 1 aliphatic heterocycles. The van der Waals surface area contributed by atoms with Crippen LogP contribution < -0.4 is 5.32 Å². The Labute approximate surface area is 117 Å². The minimum atomic E-state index is -0.00338. The van der Waals surface area contributed by atoms with Crippen molar-refractivity contribution in [2.75, 3.05) is 20.1 Å². The Morgan fingerprint density at radius 3 is 3.15 bits per heavy atom. The third-order valence-corrected chi connectivity index (χ3v) is 3.89. The number of carbonyl (C=O) groups is 1. The summed E-state index contributed by atoms with van der Waals surface area (Å²) in [7, 11) is 1.85. The van der Waals surface area contributed by atoms with Crippen molar-refractivity contribution < 1.29 is 9.32 Å². The van der Waals surface area contributed by atoms with Gasteiger partial charge >= 0.3 is 0 Å². The van der Waals surface area contributed by atoms with Gasteiger partial charge in [0.05, 0.1) is 16.6 Å². The maximum absolute atomic E-state index is 12.5. The van der Waals surface area contributed by atoms with Crippen molar-refractivity contribution in [3.8, 4) is 0 Å². The van der Waals surface area contributed by atoms with E-state index in [-0.39, 0.29) is 11.9 Å². The van der Waals surface area contributed by atoms with Crippen LogP contribution in [-0.2, 0) is 6.42 Å². The van der Waals surface area contributed by atoms with Crippen molar-refractivity contribution >= 4 is 17.0 Å². The van der Waals surface area contributed by atoms with Gasteiger partial charge in [0.15, 0.2) is 0 Å². The van der Waals surface area contributed by atoms with Crippen LogP contribution in [0.25, 0.3) is 11.1 Å². The molecule has 1 N–H and O–H groups in total. The van der Waals surface area contributed by atoms with Gasteiger partial charge in [-0.1, -0.05) is 12.1 Å². The monoisotopic (exact) mass is 274 g/mol. The molecule has 1 atom stereocenters. The molecule has 0 bridgehead atoms. The number of hydrogen-bond donors (Lipinski definition) is 1. The lowest BCUT2D eigenvalue weighted by atomic mass is 10.1. The third kappa shape index (κ3) is 2.16. The molecular formula is C14H18N4O2. The first-order valence-electron chi connectivity index (χ1n) is 6.93. The number of fused-ring (bicyclic) bond motifs is 1. The smallest absolute Gasteiger partial charge is 0.257 e. The molecule has 3 heterocycles. The molecule has 1 saturated heterocycles. The minimum Gasteiger partial charge on any atom is -0.337 e. The standard InChI is InChI=1S/C14H18N4O2/c1-3-12-11-6-9(7-16-13(11)20-17-12)14(19)18(2)10-4-5-15-8-10/h6-7,10,15H,3-5,8H2,1-2H3. The summed E-state index contributed by atoms with van der Waals surface area (Å²) in [4.78, 5) is 18.5. The first-order chi connectivity index (χ1) is 9.70. The molecule has 0 aliphatic carbocycles. The van der Waals surface area contributed by atoms with Gasteiger partial charge in [0.25, 0.3) is 11.6 Å². The highest BCUT2D eigenvalue weighted by Gasteiger charge is 2.24. The van der Waals surface area contributed by atoms with E-state index in [0.717, 1.165) is 37.0 Å². The molecule has 6 nitrogen and oxygen atoms in total. The molecule has 6 heteroatoms. The van der Waals surface area contributed by atoms with E-state index >= 15 is 0 Å². The number of aromatic nitrogens is 2. The van der Waals surface area contributed by atoms with E-state index in [1.54, 1.807) is 11.1 Å². The van der Waals surface area contributed by atoms with Gasteiger partial charge in [-0.25, -0.2) is 4.98 Å². The summed E-state index contributed by atoms with van der Waals surface area (Å²) in [6.07, 6.45) is 3.31. The van der Waals surface area contributed by atoms with Crippen LogP contribution in [0.4, 0.5) is 0 Å². The Morgan fingerprint density at radius 1 is 1.60 bits per heavy atom. The molecule has 2 aromatic heterocycles. The van der Waals surface area contributed by atoms with Crippen LogP contribution in [0.2, 0.25) is 0 Å². The molecule has 1 fully saturated rings. The fourth-order valence-corrected chi connectivity index (χ4v) is 2.59. The average molecular weight is 274 g/mol. The lowest BCUT2D eigenvalue weighted by Gasteiger charge is -2.23. The Hall–Kier alpha value is -1.95. The predicted molar refractivity (Wildman–Crippen MR) is 74.6 cm³/mol. The molecule has 2 aromatic rings. The van der Waals surface area contributed by atoms with Crippen LogP contribution in [0.5, 0.6) is 0 Å². The Balaban J connectivity index is 1.90. The summed E-state index contributed by atoms with van der Waals surface area (Å²) < 4.78 is 5.14. The number of rotatable bonds is 3. The summed E-state index contributed by atoms with van der Waals surface area (Å²) in [5.41, 5.74) is 1.92. The molecule has 3 rings (SSSR count). The fraction of sp³-hybridized carbons (Fsp3) is 0.500. The average Bonchev–Trinajstić information content (AvgIpc) is 3.14. The second kappa shape index (κ2) is 5.20. The molecule has 0 spiro atoms. The maximum atomic E-state index is 12.5. The van der Waals surface area contributed by atoms with Gasteiger partial charge in [0.2, 0.25) is 0 Å². The zero-order valence-corrected chi connectivity index (χ0v) is 11.7. The zero-order chi connectivity index (χ0) is 14.1. The van der Waals surface area contributed by atoms with E-state index in [1.165, 1.54) is 0 Å². The van der Waals surface area contributed by atoms with Crippen LogP contribution in [0.1, 0.15) is 29.4 Å². The first-order valence-corrected chi connectivity index (χ1v) is 6.93. The summed E-state index contributed by atoms with van der Waals surface area (Å²) in [6, 6.07) is 2.09. The van der Waals surface area contributed by atoms with E-state index < -0.39 is 0 Å². The number of nitrogens with one attached hydrogen (secondary N) is 1. The maximum Gasteiger partial charge on any atom is 0.257 e. The van der Waals surface area contributed by atoms with E-state index in [9.17, 15) is 4.79 Å². The number of hydrogen-bond acceptors (Lipinski definition) is 5. The van der Waals surface area contributed by atoms with Crippen LogP contribution in [-0.4, -0.2) is 47.1 Å². The zero-order valence-electron chi connectivity index (χ0n) is 11.7. The van der Waals surface area contributed by atoms with Crippen LogP contribution in [0.15, 0.2) is 16.8 Å². The van der Waals surface area contributed by atoms with Crippen molar-refractivity contribution in [1.29, 1.82) is 0 Å². The molecule has 0 saturated carbocycles. The molecule has 106 valence electrons. The van der Waals surface area contributed by atoms with Crippen molar-refractivity contribution in [1.82, 2.24) is 20.4 Å². The van der Waals surface area contributed by atoms with Crippen molar-refractivity contribution in [2.45, 2.75) is 25.8 Å². The van der Waals surface area contributed by atoms with Crippen LogP contribution in [0.3, 0.4) is 0 Å². The summed E-state index contributed by atoms with van der Waals surface area (Å²) in [5.74, 6) is -0.00338.